The van der Waals surface area contributed by atoms with Crippen molar-refractivity contribution in [3.8, 4) is 0 Å². The molecule has 20 heavy (non-hydrogen) atoms. The maximum atomic E-state index is 11.2. The van der Waals surface area contributed by atoms with Gasteiger partial charge in [-0.25, -0.2) is 4.79 Å². The Morgan fingerprint density at radius 2 is 1.70 bits per heavy atom. The lowest BCUT2D eigenvalue weighted by molar-refractivity contribution is -0.114. The zero-order valence-corrected chi connectivity index (χ0v) is 10.9. The molecule has 0 saturated heterocycles. The first-order valence-electron chi connectivity index (χ1n) is 6.03. The zero-order chi connectivity index (χ0) is 14.5. The van der Waals surface area contributed by atoms with Crippen molar-refractivity contribution in [3.05, 3.63) is 54.1 Å². The largest absolute Gasteiger partial charge is 0.478 e. The molecule has 0 fully saturated rings. The summed E-state index contributed by atoms with van der Waals surface area (Å²) in [7, 11) is 0. The lowest BCUT2D eigenvalue weighted by Gasteiger charge is -2.13. The van der Waals surface area contributed by atoms with Crippen LogP contribution in [-0.2, 0) is 4.79 Å². The molecule has 0 aliphatic heterocycles. The zero-order valence-electron chi connectivity index (χ0n) is 10.9. The van der Waals surface area contributed by atoms with E-state index in [1.54, 1.807) is 6.07 Å². The number of nitrogens with one attached hydrogen (secondary N) is 2. The molecule has 2 aromatic carbocycles. The summed E-state index contributed by atoms with van der Waals surface area (Å²) in [5.74, 6) is -1.30. The quantitative estimate of drug-likeness (QED) is 0.797. The molecule has 102 valence electrons. The van der Waals surface area contributed by atoms with Crippen molar-refractivity contribution in [3.63, 3.8) is 0 Å². The second-order valence-electron chi connectivity index (χ2n) is 4.24. The molecule has 0 aliphatic carbocycles. The van der Waals surface area contributed by atoms with Gasteiger partial charge in [-0.1, -0.05) is 18.2 Å². The van der Waals surface area contributed by atoms with Crippen LogP contribution in [0.3, 0.4) is 0 Å². The number of rotatable bonds is 4. The number of benzene rings is 2. The molecule has 3 N–H and O–H groups in total. The first kappa shape index (κ1) is 13.6. The monoisotopic (exact) mass is 270 g/mol. The number of anilines is 3. The smallest absolute Gasteiger partial charge is 0.335 e. The summed E-state index contributed by atoms with van der Waals surface area (Å²) in [4.78, 5) is 22.2. The van der Waals surface area contributed by atoms with E-state index in [1.807, 2.05) is 30.3 Å². The predicted molar refractivity (Wildman–Crippen MR) is 77.4 cm³/mol. The number of carbonyl (C=O) groups excluding carboxylic acids is 1. The second kappa shape index (κ2) is 5.88. The van der Waals surface area contributed by atoms with Gasteiger partial charge in [-0.3, -0.25) is 4.79 Å². The first-order chi connectivity index (χ1) is 9.56. The number of aromatic carboxylic acids is 1. The van der Waals surface area contributed by atoms with Crippen molar-refractivity contribution in [1.29, 1.82) is 0 Å². The highest BCUT2D eigenvalue weighted by Crippen LogP contribution is 2.26. The van der Waals surface area contributed by atoms with Crippen molar-refractivity contribution in [1.82, 2.24) is 0 Å². The molecule has 5 nitrogen and oxygen atoms in total. The van der Waals surface area contributed by atoms with Gasteiger partial charge in [-0.05, 0) is 30.3 Å². The Hall–Kier alpha value is -2.82. The summed E-state index contributed by atoms with van der Waals surface area (Å²) in [6.45, 7) is 1.37. The van der Waals surface area contributed by atoms with E-state index in [4.69, 9.17) is 5.11 Å². The molecular formula is C15H14N2O3. The third-order valence-electron chi connectivity index (χ3n) is 2.63. The molecule has 0 aliphatic rings. The van der Waals surface area contributed by atoms with Crippen molar-refractivity contribution in [2.75, 3.05) is 10.6 Å². The van der Waals surface area contributed by atoms with Crippen LogP contribution in [-0.4, -0.2) is 17.0 Å². The molecule has 0 unspecified atom stereocenters. The maximum absolute atomic E-state index is 11.2. The molecule has 0 heterocycles. The van der Waals surface area contributed by atoms with Crippen LogP contribution in [0.25, 0.3) is 0 Å². The van der Waals surface area contributed by atoms with E-state index < -0.39 is 5.97 Å². The van der Waals surface area contributed by atoms with Gasteiger partial charge in [0.2, 0.25) is 5.91 Å². The molecule has 0 bridgehead atoms. The molecule has 2 rings (SSSR count). The number of hydrogen-bond acceptors (Lipinski definition) is 3. The highest BCUT2D eigenvalue weighted by Gasteiger charge is 2.09. The molecule has 0 atom stereocenters. The van der Waals surface area contributed by atoms with Gasteiger partial charge in [0.05, 0.1) is 16.9 Å². The number of carbonyl (C=O) groups is 2. The lowest BCUT2D eigenvalue weighted by atomic mass is 10.1. The van der Waals surface area contributed by atoms with Gasteiger partial charge in [0.25, 0.3) is 0 Å². The summed E-state index contributed by atoms with van der Waals surface area (Å²) in [6.07, 6.45) is 0. The van der Waals surface area contributed by atoms with Crippen molar-refractivity contribution < 1.29 is 14.7 Å². The Balaban J connectivity index is 2.36. The lowest BCUT2D eigenvalue weighted by Crippen LogP contribution is -2.09. The minimum Gasteiger partial charge on any atom is -0.478 e. The summed E-state index contributed by atoms with van der Waals surface area (Å²) in [5, 5.41) is 14.8. The Kier molecular flexibility index (Phi) is 4.00. The molecule has 2 aromatic rings. The SMILES string of the molecule is CC(=O)Nc1cc(C(=O)O)ccc1Nc1ccccc1. The van der Waals surface area contributed by atoms with Gasteiger partial charge in [-0.2, -0.15) is 0 Å². The third-order valence-corrected chi connectivity index (χ3v) is 2.63. The second-order valence-corrected chi connectivity index (χ2v) is 4.24. The van der Waals surface area contributed by atoms with E-state index in [9.17, 15) is 9.59 Å². The summed E-state index contributed by atoms with van der Waals surface area (Å²) < 4.78 is 0. The van der Waals surface area contributed by atoms with E-state index in [1.165, 1.54) is 19.1 Å². The average Bonchev–Trinajstić information content (AvgIpc) is 2.41. The van der Waals surface area contributed by atoms with E-state index >= 15 is 0 Å². The highest BCUT2D eigenvalue weighted by molar-refractivity contribution is 5.97. The van der Waals surface area contributed by atoms with E-state index in [2.05, 4.69) is 10.6 Å². The number of para-hydroxylation sites is 1. The first-order valence-corrected chi connectivity index (χ1v) is 6.03. The van der Waals surface area contributed by atoms with Gasteiger partial charge < -0.3 is 15.7 Å². The number of carboxylic acids is 1. The fourth-order valence-corrected chi connectivity index (χ4v) is 1.76. The normalized spacial score (nSPS) is 9.85. The topological polar surface area (TPSA) is 78.4 Å². The summed E-state index contributed by atoms with van der Waals surface area (Å²) >= 11 is 0. The number of hydrogen-bond donors (Lipinski definition) is 3. The Morgan fingerprint density at radius 1 is 1.00 bits per heavy atom. The Morgan fingerprint density at radius 3 is 2.30 bits per heavy atom. The van der Waals surface area contributed by atoms with Crippen molar-refractivity contribution in [2.45, 2.75) is 6.92 Å². The molecule has 5 heteroatoms. The van der Waals surface area contributed by atoms with Crippen LogP contribution >= 0.6 is 0 Å². The van der Waals surface area contributed by atoms with Crippen molar-refractivity contribution in [2.24, 2.45) is 0 Å². The van der Waals surface area contributed by atoms with Gasteiger partial charge in [0.15, 0.2) is 0 Å². The van der Waals surface area contributed by atoms with Gasteiger partial charge in [0, 0.05) is 12.6 Å². The van der Waals surface area contributed by atoms with Gasteiger partial charge in [-0.15, -0.1) is 0 Å². The molecule has 0 saturated carbocycles. The molecule has 0 radical (unpaired) electrons. The van der Waals surface area contributed by atoms with Crippen LogP contribution in [0.2, 0.25) is 0 Å². The summed E-state index contributed by atoms with van der Waals surface area (Å²) in [6, 6.07) is 14.0. The molecule has 0 spiro atoms. The Labute approximate surface area is 116 Å². The number of carboxylic acid groups (broad SMARTS) is 1. The van der Waals surface area contributed by atoms with Gasteiger partial charge in [0.1, 0.15) is 0 Å². The van der Waals surface area contributed by atoms with E-state index in [0.717, 1.165) is 5.69 Å². The molecule has 1 amide bonds. The van der Waals surface area contributed by atoms with Crippen molar-refractivity contribution >= 4 is 28.9 Å². The average molecular weight is 270 g/mol. The van der Waals surface area contributed by atoms with Gasteiger partial charge >= 0.3 is 5.97 Å². The maximum Gasteiger partial charge on any atom is 0.335 e. The fourth-order valence-electron chi connectivity index (χ4n) is 1.76. The van der Waals surface area contributed by atoms with E-state index in [-0.39, 0.29) is 11.5 Å². The van der Waals surface area contributed by atoms with Crippen LogP contribution in [0.1, 0.15) is 17.3 Å². The van der Waals surface area contributed by atoms with E-state index in [0.29, 0.717) is 11.4 Å². The predicted octanol–water partition coefficient (Wildman–Crippen LogP) is 3.09. The fraction of sp³-hybridized carbons (Fsp3) is 0.0667. The van der Waals surface area contributed by atoms with Crippen LogP contribution < -0.4 is 10.6 Å². The standard InChI is InChI=1S/C15H14N2O3/c1-10(18)16-14-9-11(15(19)20)7-8-13(14)17-12-5-3-2-4-6-12/h2-9,17H,1H3,(H,16,18)(H,19,20). The van der Waals surface area contributed by atoms with Crippen LogP contribution in [0.5, 0.6) is 0 Å². The summed E-state index contributed by atoms with van der Waals surface area (Å²) in [5.41, 5.74) is 2.03. The van der Waals surface area contributed by atoms with Crippen LogP contribution in [0.4, 0.5) is 17.1 Å². The highest BCUT2D eigenvalue weighted by atomic mass is 16.4. The minimum atomic E-state index is -1.04. The minimum absolute atomic E-state index is 0.118. The third kappa shape index (κ3) is 3.35. The molecule has 0 aromatic heterocycles. The Bertz CT molecular complexity index is 639. The number of amides is 1. The van der Waals surface area contributed by atoms with Crippen LogP contribution in [0.15, 0.2) is 48.5 Å². The molecular weight excluding hydrogens is 256 g/mol. The van der Waals surface area contributed by atoms with Crippen LogP contribution in [0, 0.1) is 0 Å².